The van der Waals surface area contributed by atoms with Crippen LogP contribution in [-0.4, -0.2) is 13.1 Å². The van der Waals surface area contributed by atoms with Crippen molar-refractivity contribution in [2.24, 2.45) is 5.92 Å². The third-order valence-electron chi connectivity index (χ3n) is 2.75. The third-order valence-corrected chi connectivity index (χ3v) is 3.11. The molecule has 0 radical (unpaired) electrons. The number of benzene rings is 1. The molecule has 0 bridgehead atoms. The standard InChI is InChI=1S/C11H14ClN/c12-11-4-2-1-3-10(11)7-9-5-6-13-8-9/h1-4,9,13H,5-8H2/p+1/t9-/m0/s1. The summed E-state index contributed by atoms with van der Waals surface area (Å²) < 4.78 is 0. The molecule has 0 spiro atoms. The van der Waals surface area contributed by atoms with E-state index in [0.29, 0.717) is 0 Å². The van der Waals surface area contributed by atoms with Gasteiger partial charge in [0.2, 0.25) is 0 Å². The van der Waals surface area contributed by atoms with E-state index in [4.69, 9.17) is 11.6 Å². The van der Waals surface area contributed by atoms with Crippen LogP contribution in [0, 0.1) is 5.92 Å². The van der Waals surface area contributed by atoms with Crippen LogP contribution in [0.2, 0.25) is 5.02 Å². The number of nitrogens with two attached hydrogens (primary N) is 1. The number of quaternary nitrogens is 1. The van der Waals surface area contributed by atoms with Gasteiger partial charge in [-0.15, -0.1) is 0 Å². The molecule has 13 heavy (non-hydrogen) atoms. The highest BCUT2D eigenvalue weighted by atomic mass is 35.5. The van der Waals surface area contributed by atoms with E-state index in [1.807, 2.05) is 12.1 Å². The lowest BCUT2D eigenvalue weighted by Crippen LogP contribution is -2.81. The zero-order valence-electron chi connectivity index (χ0n) is 7.67. The van der Waals surface area contributed by atoms with Crippen LogP contribution in [0.15, 0.2) is 24.3 Å². The molecule has 1 aliphatic rings. The second-order valence-electron chi connectivity index (χ2n) is 3.76. The quantitative estimate of drug-likeness (QED) is 0.738. The number of rotatable bonds is 2. The van der Waals surface area contributed by atoms with Crippen LogP contribution in [0.5, 0.6) is 0 Å². The average molecular weight is 197 g/mol. The Labute approximate surface area is 84.1 Å². The molecule has 1 heterocycles. The molecule has 1 aromatic rings. The topological polar surface area (TPSA) is 16.6 Å². The minimum Gasteiger partial charge on any atom is -0.346 e. The first kappa shape index (κ1) is 9.04. The predicted octanol–water partition coefficient (Wildman–Crippen LogP) is 1.47. The van der Waals surface area contributed by atoms with Gasteiger partial charge in [0.25, 0.3) is 0 Å². The lowest BCUT2D eigenvalue weighted by Gasteiger charge is -2.07. The Hall–Kier alpha value is -0.530. The van der Waals surface area contributed by atoms with Gasteiger partial charge in [0.05, 0.1) is 13.1 Å². The maximum absolute atomic E-state index is 6.09. The van der Waals surface area contributed by atoms with E-state index < -0.39 is 0 Å². The maximum Gasteiger partial charge on any atom is 0.0789 e. The highest BCUT2D eigenvalue weighted by Crippen LogP contribution is 2.20. The molecule has 2 N–H and O–H groups in total. The number of halogens is 1. The summed E-state index contributed by atoms with van der Waals surface area (Å²) in [7, 11) is 0. The van der Waals surface area contributed by atoms with Gasteiger partial charge in [-0.25, -0.2) is 0 Å². The highest BCUT2D eigenvalue weighted by Gasteiger charge is 2.18. The van der Waals surface area contributed by atoms with E-state index in [1.165, 1.54) is 25.1 Å². The van der Waals surface area contributed by atoms with Crippen molar-refractivity contribution in [3.63, 3.8) is 0 Å². The van der Waals surface area contributed by atoms with Crippen molar-refractivity contribution in [1.29, 1.82) is 0 Å². The largest absolute Gasteiger partial charge is 0.346 e. The van der Waals surface area contributed by atoms with Crippen molar-refractivity contribution in [2.75, 3.05) is 13.1 Å². The molecule has 0 saturated carbocycles. The molecule has 2 rings (SSSR count). The van der Waals surface area contributed by atoms with Gasteiger partial charge in [0, 0.05) is 17.4 Å². The molecule has 0 unspecified atom stereocenters. The summed E-state index contributed by atoms with van der Waals surface area (Å²) >= 11 is 6.09. The van der Waals surface area contributed by atoms with Crippen molar-refractivity contribution in [1.82, 2.24) is 0 Å². The van der Waals surface area contributed by atoms with E-state index in [-0.39, 0.29) is 0 Å². The van der Waals surface area contributed by atoms with Gasteiger partial charge in [0.15, 0.2) is 0 Å². The van der Waals surface area contributed by atoms with Crippen LogP contribution in [0.25, 0.3) is 0 Å². The normalized spacial score (nSPS) is 22.1. The fourth-order valence-corrected chi connectivity index (χ4v) is 2.20. The monoisotopic (exact) mass is 196 g/mol. The zero-order chi connectivity index (χ0) is 9.10. The molecular weight excluding hydrogens is 182 g/mol. The molecular formula is C11H15ClN+. The minimum absolute atomic E-state index is 0.833. The number of hydrogen-bond donors (Lipinski definition) is 1. The Morgan fingerprint density at radius 3 is 2.92 bits per heavy atom. The minimum atomic E-state index is 0.833. The van der Waals surface area contributed by atoms with Gasteiger partial charge >= 0.3 is 0 Å². The smallest absolute Gasteiger partial charge is 0.0789 e. The molecule has 1 saturated heterocycles. The van der Waals surface area contributed by atoms with Crippen LogP contribution in [0.3, 0.4) is 0 Å². The highest BCUT2D eigenvalue weighted by molar-refractivity contribution is 6.31. The molecule has 2 heteroatoms. The number of hydrogen-bond acceptors (Lipinski definition) is 0. The van der Waals surface area contributed by atoms with Crippen molar-refractivity contribution >= 4 is 11.6 Å². The van der Waals surface area contributed by atoms with Gasteiger partial charge in [-0.2, -0.15) is 0 Å². The summed E-state index contributed by atoms with van der Waals surface area (Å²) in [5.41, 5.74) is 1.31. The molecule has 1 aromatic carbocycles. The van der Waals surface area contributed by atoms with Gasteiger partial charge in [-0.1, -0.05) is 29.8 Å². The van der Waals surface area contributed by atoms with E-state index in [9.17, 15) is 0 Å². The second kappa shape index (κ2) is 4.12. The third kappa shape index (κ3) is 2.23. The Kier molecular flexibility index (Phi) is 2.87. The van der Waals surface area contributed by atoms with Crippen molar-refractivity contribution in [3.05, 3.63) is 34.9 Å². The first-order valence-corrected chi connectivity index (χ1v) is 5.29. The predicted molar refractivity (Wildman–Crippen MR) is 54.9 cm³/mol. The molecule has 0 aromatic heterocycles. The van der Waals surface area contributed by atoms with Crippen molar-refractivity contribution in [3.8, 4) is 0 Å². The van der Waals surface area contributed by atoms with Gasteiger partial charge < -0.3 is 5.32 Å². The van der Waals surface area contributed by atoms with Crippen LogP contribution in [0.4, 0.5) is 0 Å². The fourth-order valence-electron chi connectivity index (χ4n) is 1.99. The molecule has 1 nitrogen and oxygen atoms in total. The summed E-state index contributed by atoms with van der Waals surface area (Å²) in [6, 6.07) is 8.18. The summed E-state index contributed by atoms with van der Waals surface area (Å²) in [5.74, 6) is 0.833. The fraction of sp³-hybridized carbons (Fsp3) is 0.455. The van der Waals surface area contributed by atoms with Crippen molar-refractivity contribution < 1.29 is 5.32 Å². The van der Waals surface area contributed by atoms with Gasteiger partial charge in [0.1, 0.15) is 0 Å². The maximum atomic E-state index is 6.09. The Bertz CT molecular complexity index is 279. The van der Waals surface area contributed by atoms with Crippen LogP contribution >= 0.6 is 11.6 Å². The van der Waals surface area contributed by atoms with E-state index >= 15 is 0 Å². The lowest BCUT2D eigenvalue weighted by molar-refractivity contribution is -0.638. The molecule has 1 fully saturated rings. The Morgan fingerprint density at radius 2 is 2.23 bits per heavy atom. The van der Waals surface area contributed by atoms with E-state index in [0.717, 1.165) is 17.4 Å². The summed E-state index contributed by atoms with van der Waals surface area (Å²) in [4.78, 5) is 0. The Balaban J connectivity index is 2.04. The van der Waals surface area contributed by atoms with Crippen LogP contribution in [0.1, 0.15) is 12.0 Å². The van der Waals surface area contributed by atoms with Crippen LogP contribution in [-0.2, 0) is 6.42 Å². The average Bonchev–Trinajstić information content (AvgIpc) is 2.61. The van der Waals surface area contributed by atoms with Gasteiger partial charge in [-0.05, 0) is 18.1 Å². The SMILES string of the molecule is Clc1ccccc1C[C@@H]1CC[NH2+]C1. The first-order chi connectivity index (χ1) is 6.36. The summed E-state index contributed by atoms with van der Waals surface area (Å²) in [6.45, 7) is 2.56. The van der Waals surface area contributed by atoms with Crippen LogP contribution < -0.4 is 5.32 Å². The second-order valence-corrected chi connectivity index (χ2v) is 4.17. The molecule has 0 aliphatic carbocycles. The first-order valence-electron chi connectivity index (χ1n) is 4.91. The summed E-state index contributed by atoms with van der Waals surface area (Å²) in [6.07, 6.45) is 2.49. The Morgan fingerprint density at radius 1 is 1.38 bits per heavy atom. The molecule has 1 atom stereocenters. The summed E-state index contributed by atoms with van der Waals surface area (Å²) in [5, 5.41) is 3.32. The molecule has 70 valence electrons. The lowest BCUT2D eigenvalue weighted by atomic mass is 9.99. The van der Waals surface area contributed by atoms with E-state index in [2.05, 4.69) is 17.4 Å². The van der Waals surface area contributed by atoms with E-state index in [1.54, 1.807) is 0 Å². The van der Waals surface area contributed by atoms with Crippen molar-refractivity contribution in [2.45, 2.75) is 12.8 Å². The zero-order valence-corrected chi connectivity index (χ0v) is 8.43. The van der Waals surface area contributed by atoms with Gasteiger partial charge in [-0.3, -0.25) is 0 Å². The molecule has 0 amide bonds. The molecule has 1 aliphatic heterocycles.